The van der Waals surface area contributed by atoms with Crippen LogP contribution in [-0.4, -0.2) is 42.8 Å². The highest BCUT2D eigenvalue weighted by molar-refractivity contribution is 4.95. The van der Waals surface area contributed by atoms with Gasteiger partial charge in [-0.3, -0.25) is 0 Å². The summed E-state index contributed by atoms with van der Waals surface area (Å²) in [6.45, 7) is 10.3. The Kier molecular flexibility index (Phi) is 2.78. The van der Waals surface area contributed by atoms with E-state index >= 15 is 0 Å². The molecule has 104 valence electrons. The van der Waals surface area contributed by atoms with Gasteiger partial charge in [-0.05, 0) is 27.7 Å². The normalized spacial score (nSPS) is 49.5. The first-order chi connectivity index (χ1) is 8.27. The Hall–Kier alpha value is -0.200. The smallest absolute Gasteiger partial charge is 0.187 e. The SMILES string of the molecule is CC1[C@@H](C2COC(C)(C)O2)O[C@@H]2OC(C)(C)O[C@@H]12. The molecule has 0 amide bonds. The highest BCUT2D eigenvalue weighted by Gasteiger charge is 2.56. The molecular formula is C13H22O5. The number of ether oxygens (including phenoxy) is 5. The summed E-state index contributed by atoms with van der Waals surface area (Å²) in [4.78, 5) is 0. The second-order valence-corrected chi connectivity index (χ2v) is 6.30. The molecule has 0 aromatic carbocycles. The molecule has 0 saturated carbocycles. The van der Waals surface area contributed by atoms with Crippen LogP contribution in [0.4, 0.5) is 0 Å². The maximum absolute atomic E-state index is 5.96. The minimum absolute atomic E-state index is 0.0164. The third-order valence-electron chi connectivity index (χ3n) is 3.81. The lowest BCUT2D eigenvalue weighted by atomic mass is 9.97. The van der Waals surface area contributed by atoms with Crippen LogP contribution in [0.25, 0.3) is 0 Å². The van der Waals surface area contributed by atoms with E-state index in [1.165, 1.54) is 0 Å². The van der Waals surface area contributed by atoms with Gasteiger partial charge >= 0.3 is 0 Å². The van der Waals surface area contributed by atoms with Gasteiger partial charge in [0.1, 0.15) is 12.2 Å². The lowest BCUT2D eigenvalue weighted by molar-refractivity contribution is -0.226. The van der Waals surface area contributed by atoms with Crippen molar-refractivity contribution in [3.8, 4) is 0 Å². The van der Waals surface area contributed by atoms with Crippen molar-refractivity contribution in [1.82, 2.24) is 0 Å². The van der Waals surface area contributed by atoms with E-state index in [9.17, 15) is 0 Å². The van der Waals surface area contributed by atoms with Crippen molar-refractivity contribution in [2.75, 3.05) is 6.61 Å². The van der Waals surface area contributed by atoms with Gasteiger partial charge in [-0.25, -0.2) is 0 Å². The summed E-state index contributed by atoms with van der Waals surface area (Å²) in [5.41, 5.74) is 0. The van der Waals surface area contributed by atoms with Crippen LogP contribution in [0, 0.1) is 5.92 Å². The Labute approximate surface area is 108 Å². The molecule has 5 heteroatoms. The third-order valence-corrected chi connectivity index (χ3v) is 3.81. The maximum atomic E-state index is 5.96. The van der Waals surface area contributed by atoms with Gasteiger partial charge in [0, 0.05) is 5.92 Å². The summed E-state index contributed by atoms with van der Waals surface area (Å²) in [5.74, 6) is -0.841. The van der Waals surface area contributed by atoms with Crippen LogP contribution in [0.5, 0.6) is 0 Å². The van der Waals surface area contributed by atoms with Crippen LogP contribution in [0.1, 0.15) is 34.6 Å². The molecule has 3 saturated heterocycles. The molecule has 3 rings (SSSR count). The fraction of sp³-hybridized carbons (Fsp3) is 1.00. The van der Waals surface area contributed by atoms with Crippen LogP contribution >= 0.6 is 0 Å². The molecule has 0 spiro atoms. The molecule has 3 heterocycles. The number of hydrogen-bond acceptors (Lipinski definition) is 5. The Balaban J connectivity index is 1.68. The first-order valence-electron chi connectivity index (χ1n) is 6.60. The van der Waals surface area contributed by atoms with Crippen molar-refractivity contribution < 1.29 is 23.7 Å². The van der Waals surface area contributed by atoms with Crippen LogP contribution in [0.3, 0.4) is 0 Å². The molecule has 0 aromatic heterocycles. The van der Waals surface area contributed by atoms with E-state index in [1.807, 2.05) is 27.7 Å². The maximum Gasteiger partial charge on any atom is 0.187 e. The molecule has 0 aliphatic carbocycles. The largest absolute Gasteiger partial charge is 0.348 e. The van der Waals surface area contributed by atoms with Crippen molar-refractivity contribution in [3.05, 3.63) is 0 Å². The van der Waals surface area contributed by atoms with Crippen LogP contribution < -0.4 is 0 Å². The molecule has 5 atom stereocenters. The Bertz CT molecular complexity index is 340. The van der Waals surface area contributed by atoms with Crippen LogP contribution in [0.2, 0.25) is 0 Å². The summed E-state index contributed by atoms with van der Waals surface area (Å²) in [6, 6.07) is 0. The predicted molar refractivity (Wildman–Crippen MR) is 62.8 cm³/mol. The summed E-state index contributed by atoms with van der Waals surface area (Å²) in [7, 11) is 0. The molecule has 5 nitrogen and oxygen atoms in total. The van der Waals surface area contributed by atoms with E-state index in [4.69, 9.17) is 23.7 Å². The van der Waals surface area contributed by atoms with Crippen molar-refractivity contribution in [3.63, 3.8) is 0 Å². The van der Waals surface area contributed by atoms with E-state index in [0.717, 1.165) is 0 Å². The van der Waals surface area contributed by atoms with E-state index in [-0.39, 0.29) is 30.5 Å². The fourth-order valence-corrected chi connectivity index (χ4v) is 2.99. The molecular weight excluding hydrogens is 236 g/mol. The summed E-state index contributed by atoms with van der Waals surface area (Å²) >= 11 is 0. The zero-order valence-corrected chi connectivity index (χ0v) is 11.6. The van der Waals surface area contributed by atoms with Gasteiger partial charge < -0.3 is 23.7 Å². The fourth-order valence-electron chi connectivity index (χ4n) is 2.99. The van der Waals surface area contributed by atoms with E-state index < -0.39 is 11.6 Å². The molecule has 3 aliphatic rings. The minimum atomic E-state index is -0.555. The molecule has 0 aromatic rings. The number of hydrogen-bond donors (Lipinski definition) is 0. The van der Waals surface area contributed by atoms with E-state index in [1.54, 1.807) is 0 Å². The van der Waals surface area contributed by atoms with E-state index in [2.05, 4.69) is 6.92 Å². The van der Waals surface area contributed by atoms with Crippen molar-refractivity contribution in [2.24, 2.45) is 5.92 Å². The first kappa shape index (κ1) is 12.8. The average Bonchev–Trinajstić information content (AvgIpc) is 2.81. The minimum Gasteiger partial charge on any atom is -0.348 e. The predicted octanol–water partition coefficient (Wildman–Crippen LogP) is 1.65. The Morgan fingerprint density at radius 3 is 2.17 bits per heavy atom. The average molecular weight is 258 g/mol. The lowest BCUT2D eigenvalue weighted by Crippen LogP contribution is -2.37. The third kappa shape index (κ3) is 2.08. The summed E-state index contributed by atoms with van der Waals surface area (Å²) in [6.07, 6.45) is -0.376. The molecule has 2 unspecified atom stereocenters. The van der Waals surface area contributed by atoms with Gasteiger partial charge in [-0.1, -0.05) is 6.92 Å². The van der Waals surface area contributed by atoms with Gasteiger partial charge in [-0.2, -0.15) is 0 Å². The highest BCUT2D eigenvalue weighted by atomic mass is 16.8. The number of rotatable bonds is 1. The van der Waals surface area contributed by atoms with Crippen LogP contribution in [0.15, 0.2) is 0 Å². The summed E-state index contributed by atoms with van der Waals surface area (Å²) < 4.78 is 29.0. The first-order valence-corrected chi connectivity index (χ1v) is 6.60. The van der Waals surface area contributed by atoms with Crippen molar-refractivity contribution in [1.29, 1.82) is 0 Å². The topological polar surface area (TPSA) is 46.2 Å². The molecule has 0 bridgehead atoms. The molecule has 18 heavy (non-hydrogen) atoms. The standard InChI is InChI=1S/C13H22O5/c1-7-9(8-6-14-12(2,3)16-8)15-11-10(7)17-13(4,5)18-11/h7-11H,6H2,1-5H3/t7?,8?,9-,10-,11+/m0/s1. The van der Waals surface area contributed by atoms with Gasteiger partial charge in [0.25, 0.3) is 0 Å². The van der Waals surface area contributed by atoms with Crippen molar-refractivity contribution >= 4 is 0 Å². The Morgan fingerprint density at radius 1 is 0.889 bits per heavy atom. The zero-order chi connectivity index (χ0) is 13.1. The Morgan fingerprint density at radius 2 is 1.61 bits per heavy atom. The lowest BCUT2D eigenvalue weighted by Gasteiger charge is -2.27. The molecule has 0 radical (unpaired) electrons. The molecule has 0 N–H and O–H groups in total. The second kappa shape index (κ2) is 3.90. The van der Waals surface area contributed by atoms with E-state index in [0.29, 0.717) is 6.61 Å². The monoisotopic (exact) mass is 258 g/mol. The van der Waals surface area contributed by atoms with Crippen LogP contribution in [-0.2, 0) is 23.7 Å². The van der Waals surface area contributed by atoms with Gasteiger partial charge in [0.2, 0.25) is 0 Å². The van der Waals surface area contributed by atoms with Crippen molar-refractivity contribution in [2.45, 2.75) is 70.8 Å². The zero-order valence-electron chi connectivity index (χ0n) is 11.6. The number of fused-ring (bicyclic) bond motifs is 1. The molecule has 3 aliphatic heterocycles. The second-order valence-electron chi connectivity index (χ2n) is 6.30. The van der Waals surface area contributed by atoms with Gasteiger partial charge in [0.15, 0.2) is 17.9 Å². The highest BCUT2D eigenvalue weighted by Crippen LogP contribution is 2.43. The van der Waals surface area contributed by atoms with Gasteiger partial charge in [0.05, 0.1) is 12.7 Å². The summed E-state index contributed by atoms with van der Waals surface area (Å²) in [5, 5.41) is 0. The molecule has 3 fully saturated rings. The van der Waals surface area contributed by atoms with Gasteiger partial charge in [-0.15, -0.1) is 0 Å². The quantitative estimate of drug-likeness (QED) is 0.715.